The van der Waals surface area contributed by atoms with Gasteiger partial charge < -0.3 is 4.74 Å². The van der Waals surface area contributed by atoms with Crippen molar-refractivity contribution in [2.45, 2.75) is 57.9 Å². The van der Waals surface area contributed by atoms with E-state index < -0.39 is 5.85 Å². The molecule has 0 aromatic carbocycles. The van der Waals surface area contributed by atoms with Crippen LogP contribution in [0.5, 0.6) is 0 Å². The van der Waals surface area contributed by atoms with E-state index in [1.54, 1.807) is 0 Å². The molecule has 0 aromatic rings. The summed E-state index contributed by atoms with van der Waals surface area (Å²) in [6, 6.07) is 0. The minimum atomic E-state index is -1.32. The minimum absolute atomic E-state index is 0.0995. The van der Waals surface area contributed by atoms with Crippen molar-refractivity contribution in [2.24, 2.45) is 0 Å². The van der Waals surface area contributed by atoms with Gasteiger partial charge in [-0.05, 0) is 19.8 Å². The van der Waals surface area contributed by atoms with Crippen molar-refractivity contribution >= 4 is 0 Å². The monoisotopic (exact) mass is 160 g/mol. The summed E-state index contributed by atoms with van der Waals surface area (Å²) < 4.78 is 18.9. The van der Waals surface area contributed by atoms with Crippen molar-refractivity contribution in [3.8, 4) is 0 Å². The fourth-order valence-corrected chi connectivity index (χ4v) is 1.56. The van der Waals surface area contributed by atoms with Crippen LogP contribution in [0.15, 0.2) is 0 Å². The predicted molar refractivity (Wildman–Crippen MR) is 43.1 cm³/mol. The van der Waals surface area contributed by atoms with E-state index in [0.29, 0.717) is 12.8 Å². The molecule has 0 aliphatic carbocycles. The van der Waals surface area contributed by atoms with Crippen LogP contribution < -0.4 is 0 Å². The molecule has 1 fully saturated rings. The lowest BCUT2D eigenvalue weighted by Crippen LogP contribution is -2.28. The molecule has 1 heterocycles. The van der Waals surface area contributed by atoms with Gasteiger partial charge in [0.1, 0.15) is 0 Å². The Labute approximate surface area is 67.9 Å². The highest BCUT2D eigenvalue weighted by atomic mass is 19.2. The van der Waals surface area contributed by atoms with Gasteiger partial charge in [-0.3, -0.25) is 0 Å². The Bertz CT molecular complexity index is 127. The maximum Gasteiger partial charge on any atom is 0.209 e. The minimum Gasteiger partial charge on any atom is -0.343 e. The van der Waals surface area contributed by atoms with E-state index in [9.17, 15) is 4.39 Å². The molecule has 2 heteroatoms. The predicted octanol–water partition coefficient (Wildman–Crippen LogP) is 3.04. The average molecular weight is 160 g/mol. The van der Waals surface area contributed by atoms with Crippen LogP contribution in [0.25, 0.3) is 0 Å². The highest BCUT2D eigenvalue weighted by Crippen LogP contribution is 2.31. The van der Waals surface area contributed by atoms with E-state index in [2.05, 4.69) is 0 Å². The second kappa shape index (κ2) is 3.53. The summed E-state index contributed by atoms with van der Waals surface area (Å²) in [5.74, 6) is -1.32. The van der Waals surface area contributed by atoms with Gasteiger partial charge in [0, 0.05) is 12.8 Å². The molecule has 1 aliphatic rings. The zero-order chi connectivity index (χ0) is 8.32. The van der Waals surface area contributed by atoms with E-state index in [1.165, 1.54) is 0 Å². The van der Waals surface area contributed by atoms with Gasteiger partial charge in [0.05, 0.1) is 6.10 Å². The highest BCUT2D eigenvalue weighted by molar-refractivity contribution is 4.72. The molecule has 11 heavy (non-hydrogen) atoms. The lowest BCUT2D eigenvalue weighted by molar-refractivity contribution is -0.173. The molecule has 1 rings (SSSR count). The van der Waals surface area contributed by atoms with Crippen molar-refractivity contribution in [3.05, 3.63) is 0 Å². The first kappa shape index (κ1) is 8.98. The van der Waals surface area contributed by atoms with E-state index in [0.717, 1.165) is 19.3 Å². The van der Waals surface area contributed by atoms with E-state index in [1.807, 2.05) is 13.8 Å². The molecule has 0 radical (unpaired) electrons. The van der Waals surface area contributed by atoms with Crippen LogP contribution in [0.1, 0.15) is 46.0 Å². The number of hydrogen-bond donors (Lipinski definition) is 0. The Morgan fingerprint density at radius 3 is 2.91 bits per heavy atom. The maximum absolute atomic E-state index is 13.6. The van der Waals surface area contributed by atoms with Gasteiger partial charge in [-0.15, -0.1) is 0 Å². The molecule has 1 saturated heterocycles. The molecule has 0 N–H and O–H groups in total. The lowest BCUT2D eigenvalue weighted by Gasteiger charge is -2.24. The molecule has 2 unspecified atom stereocenters. The van der Waals surface area contributed by atoms with Crippen molar-refractivity contribution in [1.29, 1.82) is 0 Å². The van der Waals surface area contributed by atoms with Crippen molar-refractivity contribution in [1.82, 2.24) is 0 Å². The van der Waals surface area contributed by atoms with E-state index >= 15 is 0 Å². The third kappa shape index (κ3) is 2.44. The molecule has 0 bridgehead atoms. The van der Waals surface area contributed by atoms with Crippen LogP contribution in [0.4, 0.5) is 4.39 Å². The fraction of sp³-hybridized carbons (Fsp3) is 1.00. The number of hydrogen-bond acceptors (Lipinski definition) is 1. The van der Waals surface area contributed by atoms with Gasteiger partial charge in [-0.2, -0.15) is 0 Å². The standard InChI is InChI=1S/C9H17FO/c1-3-9(10)7-5-4-6-8(2)11-9/h8H,3-7H2,1-2H3. The van der Waals surface area contributed by atoms with Gasteiger partial charge in [0.15, 0.2) is 0 Å². The van der Waals surface area contributed by atoms with E-state index in [4.69, 9.17) is 4.74 Å². The second-order valence-corrected chi connectivity index (χ2v) is 3.41. The smallest absolute Gasteiger partial charge is 0.209 e. The quantitative estimate of drug-likeness (QED) is 0.573. The molecule has 0 spiro atoms. The third-order valence-corrected chi connectivity index (χ3v) is 2.35. The Hall–Kier alpha value is -0.110. The third-order valence-electron chi connectivity index (χ3n) is 2.35. The van der Waals surface area contributed by atoms with Crippen LogP contribution >= 0.6 is 0 Å². The van der Waals surface area contributed by atoms with Crippen molar-refractivity contribution < 1.29 is 9.13 Å². The van der Waals surface area contributed by atoms with Crippen LogP contribution in [0.3, 0.4) is 0 Å². The zero-order valence-electron chi connectivity index (χ0n) is 7.40. The van der Waals surface area contributed by atoms with Gasteiger partial charge in [-0.1, -0.05) is 13.3 Å². The zero-order valence-corrected chi connectivity index (χ0v) is 7.40. The summed E-state index contributed by atoms with van der Waals surface area (Å²) in [5.41, 5.74) is 0. The van der Waals surface area contributed by atoms with Gasteiger partial charge in [0.25, 0.3) is 0 Å². The first-order valence-corrected chi connectivity index (χ1v) is 4.53. The van der Waals surface area contributed by atoms with Crippen LogP contribution in [-0.2, 0) is 4.74 Å². The largest absolute Gasteiger partial charge is 0.343 e. The number of ether oxygens (including phenoxy) is 1. The molecular weight excluding hydrogens is 143 g/mol. The number of alkyl halides is 1. The molecule has 0 saturated carbocycles. The summed E-state index contributed by atoms with van der Waals surface area (Å²) in [4.78, 5) is 0. The Morgan fingerprint density at radius 1 is 1.55 bits per heavy atom. The highest BCUT2D eigenvalue weighted by Gasteiger charge is 2.31. The summed E-state index contributed by atoms with van der Waals surface area (Å²) in [5, 5.41) is 0. The Balaban J connectivity index is 2.51. The molecule has 0 aromatic heterocycles. The van der Waals surface area contributed by atoms with Gasteiger partial charge in [-0.25, -0.2) is 4.39 Å². The van der Waals surface area contributed by atoms with E-state index in [-0.39, 0.29) is 6.10 Å². The normalized spacial score (nSPS) is 40.1. The summed E-state index contributed by atoms with van der Waals surface area (Å²) >= 11 is 0. The molecular formula is C9H17FO. The van der Waals surface area contributed by atoms with Crippen molar-refractivity contribution in [3.63, 3.8) is 0 Å². The van der Waals surface area contributed by atoms with Crippen molar-refractivity contribution in [2.75, 3.05) is 0 Å². The summed E-state index contributed by atoms with van der Waals surface area (Å²) in [6.45, 7) is 3.80. The lowest BCUT2D eigenvalue weighted by atomic mass is 10.1. The summed E-state index contributed by atoms with van der Waals surface area (Å²) in [7, 11) is 0. The molecule has 1 nitrogen and oxygen atoms in total. The molecule has 2 atom stereocenters. The van der Waals surface area contributed by atoms with Gasteiger partial charge in [0.2, 0.25) is 5.85 Å². The molecule has 0 amide bonds. The van der Waals surface area contributed by atoms with Gasteiger partial charge >= 0.3 is 0 Å². The first-order valence-electron chi connectivity index (χ1n) is 4.53. The SMILES string of the molecule is CCC1(F)CCCCC(C)O1. The number of rotatable bonds is 1. The fourth-order valence-electron chi connectivity index (χ4n) is 1.56. The Kier molecular flexibility index (Phi) is 2.88. The maximum atomic E-state index is 13.6. The number of halogens is 1. The van der Waals surface area contributed by atoms with Crippen LogP contribution in [0, 0.1) is 0 Å². The average Bonchev–Trinajstić information content (AvgIpc) is 2.13. The topological polar surface area (TPSA) is 9.23 Å². The second-order valence-electron chi connectivity index (χ2n) is 3.41. The first-order chi connectivity index (χ1) is 5.16. The van der Waals surface area contributed by atoms with Crippen LogP contribution in [0.2, 0.25) is 0 Å². The molecule has 66 valence electrons. The Morgan fingerprint density at radius 2 is 2.27 bits per heavy atom. The van der Waals surface area contributed by atoms with Crippen LogP contribution in [-0.4, -0.2) is 12.0 Å². The molecule has 1 aliphatic heterocycles. The summed E-state index contributed by atoms with van der Waals surface area (Å²) in [6.07, 6.45) is 4.24.